The number of carbonyl (C=O) groups excluding carboxylic acids is 2. The lowest BCUT2D eigenvalue weighted by Gasteiger charge is -2.71. The van der Waals surface area contributed by atoms with E-state index in [4.69, 9.17) is 4.74 Å². The molecular weight excluding hydrogens is 512 g/mol. The number of carboxylic acids is 1. The molecule has 4 saturated carbocycles. The van der Waals surface area contributed by atoms with E-state index >= 15 is 0 Å². The van der Waals surface area contributed by atoms with Crippen LogP contribution in [0.5, 0.6) is 0 Å². The van der Waals surface area contributed by atoms with Crippen molar-refractivity contribution in [2.75, 3.05) is 0 Å². The van der Waals surface area contributed by atoms with Crippen molar-refractivity contribution >= 4 is 17.7 Å². The highest BCUT2D eigenvalue weighted by molar-refractivity contribution is 5.77. The predicted molar refractivity (Wildman–Crippen MR) is 161 cm³/mol. The third-order valence-electron chi connectivity index (χ3n) is 14.5. The van der Waals surface area contributed by atoms with E-state index < -0.39 is 11.4 Å². The average molecular weight is 569 g/mol. The van der Waals surface area contributed by atoms with Crippen molar-refractivity contribution in [3.8, 4) is 0 Å². The van der Waals surface area contributed by atoms with Gasteiger partial charge in [0.15, 0.2) is 0 Å². The van der Waals surface area contributed by atoms with Gasteiger partial charge in [0.05, 0.1) is 5.41 Å². The van der Waals surface area contributed by atoms with Gasteiger partial charge in [-0.15, -0.1) is 0 Å². The van der Waals surface area contributed by atoms with Crippen LogP contribution in [0.3, 0.4) is 0 Å². The maximum Gasteiger partial charge on any atom is 0.310 e. The number of ether oxygens (including phenoxy) is 1. The summed E-state index contributed by atoms with van der Waals surface area (Å²) in [5.41, 5.74) is 1.05. The second-order valence-electron chi connectivity index (χ2n) is 16.5. The predicted octanol–water partition coefficient (Wildman–Crippen LogP) is 8.40. The van der Waals surface area contributed by atoms with Crippen molar-refractivity contribution in [1.82, 2.24) is 0 Å². The van der Waals surface area contributed by atoms with Gasteiger partial charge in [0.2, 0.25) is 0 Å². The van der Waals surface area contributed by atoms with Crippen molar-refractivity contribution in [1.29, 1.82) is 0 Å². The number of Topliss-reactive ketones (excluding diaryl/α,β-unsaturated/α-hetero) is 1. The minimum absolute atomic E-state index is 0.0169. The quantitative estimate of drug-likeness (QED) is 0.257. The molecule has 0 aromatic carbocycles. The van der Waals surface area contributed by atoms with Gasteiger partial charge in [-0.05, 0) is 117 Å². The van der Waals surface area contributed by atoms with E-state index in [9.17, 15) is 19.5 Å². The largest absolute Gasteiger partial charge is 0.481 e. The molecular formula is C36H56O5. The zero-order valence-electron chi connectivity index (χ0n) is 27.1. The second kappa shape index (κ2) is 10.2. The molecule has 41 heavy (non-hydrogen) atoms. The monoisotopic (exact) mass is 568 g/mol. The number of carbonyl (C=O) groups is 3. The summed E-state index contributed by atoms with van der Waals surface area (Å²) < 4.78 is 6.15. The number of aliphatic carboxylic acids is 1. The third-order valence-corrected chi connectivity index (χ3v) is 14.5. The molecule has 5 nitrogen and oxygen atoms in total. The summed E-state index contributed by atoms with van der Waals surface area (Å²) >= 11 is 0. The smallest absolute Gasteiger partial charge is 0.310 e. The standard InChI is InChI=1S/C36H56O5/c1-22-14-19-36(31(39)40)21-20-34(7)25(30(36)24(22)3)12-13-27-33(6)17-16-28(41-29(38)11-9-10-23(2)37)32(4,5)26(33)15-18-35(27,34)8/h12,22,24,26-28,30H,9-11,13-21H2,1-8H3,(H,39,40)/t22-,24+,26+,27-,28+,30+,33+,34-,35-,36+/m1/s1. The van der Waals surface area contributed by atoms with E-state index in [2.05, 4.69) is 54.5 Å². The fraction of sp³-hybridized carbons (Fsp3) is 0.861. The Balaban J connectivity index is 1.44. The van der Waals surface area contributed by atoms with Gasteiger partial charge < -0.3 is 14.6 Å². The first-order chi connectivity index (χ1) is 19.0. The summed E-state index contributed by atoms with van der Waals surface area (Å²) in [6.07, 6.45) is 12.6. The Morgan fingerprint density at radius 3 is 2.27 bits per heavy atom. The van der Waals surface area contributed by atoms with Crippen molar-refractivity contribution in [3.63, 3.8) is 0 Å². The fourth-order valence-electron chi connectivity index (χ4n) is 11.7. The van der Waals surface area contributed by atoms with E-state index in [0.29, 0.717) is 42.9 Å². The van der Waals surface area contributed by atoms with Crippen LogP contribution in [0.1, 0.15) is 132 Å². The lowest BCUT2D eigenvalue weighted by Crippen LogP contribution is -2.65. The molecule has 1 N–H and O–H groups in total. The van der Waals surface area contributed by atoms with Crippen LogP contribution in [0.2, 0.25) is 0 Å². The van der Waals surface area contributed by atoms with Crippen LogP contribution in [0.25, 0.3) is 0 Å². The SMILES string of the molecule is CC(=O)CCCC(=O)O[C@H]1CC[C@]2(C)[C@H]3CC=C4[C@@H]5[C@@H](C)[C@H](C)CC[C@]5(C(=O)O)CC[C@@]4(C)[C@]3(C)CC[C@H]2C1(C)C. The molecule has 4 fully saturated rings. The Morgan fingerprint density at radius 2 is 1.61 bits per heavy atom. The normalized spacial score (nSPS) is 46.6. The van der Waals surface area contributed by atoms with Crippen LogP contribution >= 0.6 is 0 Å². The van der Waals surface area contributed by atoms with Crippen molar-refractivity contribution in [3.05, 3.63) is 11.6 Å². The van der Waals surface area contributed by atoms with Gasteiger partial charge in [-0.3, -0.25) is 9.59 Å². The highest BCUT2D eigenvalue weighted by Crippen LogP contribution is 2.75. The first-order valence-corrected chi connectivity index (χ1v) is 16.7. The molecule has 0 radical (unpaired) electrons. The number of hydrogen-bond acceptors (Lipinski definition) is 4. The lowest BCUT2D eigenvalue weighted by atomic mass is 9.33. The summed E-state index contributed by atoms with van der Waals surface area (Å²) in [6.45, 7) is 18.5. The first kappa shape index (κ1) is 30.8. The van der Waals surface area contributed by atoms with E-state index in [-0.39, 0.29) is 45.4 Å². The van der Waals surface area contributed by atoms with E-state index in [1.807, 2.05) is 0 Å². The molecule has 5 aliphatic carbocycles. The molecule has 0 saturated heterocycles. The molecule has 230 valence electrons. The molecule has 0 heterocycles. The van der Waals surface area contributed by atoms with Gasteiger partial charge in [-0.25, -0.2) is 0 Å². The summed E-state index contributed by atoms with van der Waals surface area (Å²) in [5, 5.41) is 10.6. The number of fused-ring (bicyclic) bond motifs is 7. The van der Waals surface area contributed by atoms with Crippen LogP contribution in [0, 0.1) is 56.7 Å². The van der Waals surface area contributed by atoms with Crippen molar-refractivity contribution in [2.24, 2.45) is 56.7 Å². The average Bonchev–Trinajstić information content (AvgIpc) is 2.88. The molecule has 5 aliphatic rings. The minimum Gasteiger partial charge on any atom is -0.481 e. The number of allylic oxidation sites excluding steroid dienone is 2. The topological polar surface area (TPSA) is 80.7 Å². The number of hydrogen-bond donors (Lipinski definition) is 1. The van der Waals surface area contributed by atoms with E-state index in [1.165, 1.54) is 5.57 Å². The molecule has 0 unspecified atom stereocenters. The van der Waals surface area contributed by atoms with Gasteiger partial charge in [0.1, 0.15) is 11.9 Å². The minimum atomic E-state index is -0.601. The number of ketones is 1. The Kier molecular flexibility index (Phi) is 7.68. The molecule has 5 rings (SSSR count). The summed E-state index contributed by atoms with van der Waals surface area (Å²) in [4.78, 5) is 37.0. The van der Waals surface area contributed by atoms with Crippen molar-refractivity contribution < 1.29 is 24.2 Å². The zero-order valence-corrected chi connectivity index (χ0v) is 27.1. The highest BCUT2D eigenvalue weighted by atomic mass is 16.5. The molecule has 10 atom stereocenters. The Labute approximate surface area is 248 Å². The first-order valence-electron chi connectivity index (χ1n) is 16.7. The summed E-state index contributed by atoms with van der Waals surface area (Å²) in [5.74, 6) is 1.46. The van der Waals surface area contributed by atoms with Crippen molar-refractivity contribution in [2.45, 2.75) is 139 Å². The van der Waals surface area contributed by atoms with E-state index in [0.717, 1.165) is 57.8 Å². The van der Waals surface area contributed by atoms with Crippen LogP contribution in [-0.2, 0) is 19.1 Å². The summed E-state index contributed by atoms with van der Waals surface area (Å²) in [7, 11) is 0. The van der Waals surface area contributed by atoms with Crippen LogP contribution < -0.4 is 0 Å². The van der Waals surface area contributed by atoms with Gasteiger partial charge >= 0.3 is 11.9 Å². The Bertz CT molecular complexity index is 1120. The van der Waals surface area contributed by atoms with Crippen LogP contribution in [-0.4, -0.2) is 28.9 Å². The Morgan fingerprint density at radius 1 is 0.902 bits per heavy atom. The Hall–Kier alpha value is -1.65. The molecule has 5 heteroatoms. The van der Waals surface area contributed by atoms with Crippen LogP contribution in [0.15, 0.2) is 11.6 Å². The maximum atomic E-state index is 12.9. The second-order valence-corrected chi connectivity index (χ2v) is 16.5. The third kappa shape index (κ3) is 4.40. The number of esters is 1. The molecule has 0 aromatic heterocycles. The number of rotatable bonds is 6. The maximum absolute atomic E-state index is 12.9. The molecule has 0 aliphatic heterocycles. The fourth-order valence-corrected chi connectivity index (χ4v) is 11.7. The highest BCUT2D eigenvalue weighted by Gasteiger charge is 2.69. The van der Waals surface area contributed by atoms with Crippen LogP contribution in [0.4, 0.5) is 0 Å². The van der Waals surface area contributed by atoms with E-state index in [1.54, 1.807) is 6.92 Å². The molecule has 0 amide bonds. The molecule has 0 bridgehead atoms. The zero-order chi connectivity index (χ0) is 30.2. The molecule has 0 aromatic rings. The van der Waals surface area contributed by atoms with Gasteiger partial charge in [-0.1, -0.05) is 60.1 Å². The lowest BCUT2D eigenvalue weighted by molar-refractivity contribution is -0.214. The van der Waals surface area contributed by atoms with Gasteiger partial charge in [0.25, 0.3) is 0 Å². The van der Waals surface area contributed by atoms with Gasteiger partial charge in [0, 0.05) is 18.3 Å². The summed E-state index contributed by atoms with van der Waals surface area (Å²) in [6, 6.07) is 0. The molecule has 0 spiro atoms. The number of carboxylic acid groups (broad SMARTS) is 1. The van der Waals surface area contributed by atoms with Gasteiger partial charge in [-0.2, -0.15) is 0 Å².